The number of hydrogen-bond donors (Lipinski definition) is 0. The monoisotopic (exact) mass is 361 g/mol. The molecule has 0 fully saturated rings. The fraction of sp³-hybridized carbons (Fsp3) is 0.375. The van der Waals surface area contributed by atoms with E-state index in [4.69, 9.17) is 0 Å². The number of rotatable bonds is 1. The van der Waals surface area contributed by atoms with Crippen molar-refractivity contribution < 1.29 is 39.5 Å². The molecule has 0 aromatic carbocycles. The Labute approximate surface area is 107 Å². The summed E-state index contributed by atoms with van der Waals surface area (Å²) in [6.45, 7) is 0. The van der Waals surface area contributed by atoms with Gasteiger partial charge in [0.2, 0.25) is 0 Å². The number of aromatic nitrogens is 1. The molecular weight excluding hydrogens is 361 g/mol. The topological polar surface area (TPSA) is 12.9 Å². The van der Waals surface area contributed by atoms with Crippen molar-refractivity contribution in [3.8, 4) is 0 Å². The number of hydrogen-bond acceptors (Lipinski definition) is 1. The third-order valence-electron chi connectivity index (χ3n) is 2.06. The van der Waals surface area contributed by atoms with Crippen LogP contribution in [0, 0.1) is 11.6 Å². The highest BCUT2D eigenvalue weighted by molar-refractivity contribution is 9.10. The number of pyridine rings is 1. The van der Waals surface area contributed by atoms with Crippen molar-refractivity contribution in [2.45, 2.75) is 18.0 Å². The maximum atomic E-state index is 13.5. The highest BCUT2D eigenvalue weighted by Crippen LogP contribution is 2.54. The third kappa shape index (κ3) is 2.39. The van der Waals surface area contributed by atoms with Crippen LogP contribution in [0.5, 0.6) is 0 Å². The molecule has 1 rings (SSSR count). The van der Waals surface area contributed by atoms with E-state index in [-0.39, 0.29) is 6.20 Å². The number of halogens is 10. The summed E-state index contributed by atoms with van der Waals surface area (Å²) in [6.07, 6.45) is -13.4. The minimum atomic E-state index is -6.60. The second kappa shape index (κ2) is 4.53. The summed E-state index contributed by atoms with van der Waals surface area (Å²) in [5, 5.41) is 0. The first-order valence-electron chi connectivity index (χ1n) is 4.16. The quantitative estimate of drug-likeness (QED) is 0.533. The van der Waals surface area contributed by atoms with Gasteiger partial charge in [0.1, 0.15) is 4.60 Å². The SMILES string of the molecule is Fc1cnc(Br)c(F)c1C(F)(C(F)(F)F)C(F)(F)F. The van der Waals surface area contributed by atoms with Crippen molar-refractivity contribution in [3.05, 3.63) is 28.0 Å². The van der Waals surface area contributed by atoms with Crippen LogP contribution in [0.15, 0.2) is 10.8 Å². The Hall–Kier alpha value is -1.00. The van der Waals surface area contributed by atoms with E-state index in [2.05, 4.69) is 20.9 Å². The molecule has 0 atom stereocenters. The van der Waals surface area contributed by atoms with Crippen molar-refractivity contribution in [2.24, 2.45) is 0 Å². The van der Waals surface area contributed by atoms with Crippen LogP contribution in [0.25, 0.3) is 0 Å². The Bertz CT molecular complexity index is 478. The summed E-state index contributed by atoms with van der Waals surface area (Å²) in [4.78, 5) is 2.78. The first-order valence-corrected chi connectivity index (χ1v) is 4.95. The first-order chi connectivity index (χ1) is 8.34. The van der Waals surface area contributed by atoms with Gasteiger partial charge in [0.25, 0.3) is 0 Å². The molecule has 1 aromatic rings. The van der Waals surface area contributed by atoms with Crippen LogP contribution in [0.1, 0.15) is 5.56 Å². The zero-order valence-electron chi connectivity index (χ0n) is 8.30. The molecule has 0 bridgehead atoms. The fourth-order valence-electron chi connectivity index (χ4n) is 1.20. The standard InChI is InChI=1S/C8HBrF9N/c9-5-4(11)3(2(10)1-19-5)6(12,7(13,14)15)8(16,17)18/h1H. The number of alkyl halides is 7. The van der Waals surface area contributed by atoms with Crippen LogP contribution in [-0.4, -0.2) is 17.3 Å². The van der Waals surface area contributed by atoms with Crippen LogP contribution in [0.3, 0.4) is 0 Å². The molecule has 1 nitrogen and oxygen atoms in total. The largest absolute Gasteiger partial charge is 0.436 e. The minimum absolute atomic E-state index is 0.158. The van der Waals surface area contributed by atoms with Crippen LogP contribution >= 0.6 is 15.9 Å². The average Bonchev–Trinajstić information content (AvgIpc) is 2.20. The van der Waals surface area contributed by atoms with Crippen molar-refractivity contribution in [2.75, 3.05) is 0 Å². The van der Waals surface area contributed by atoms with Crippen LogP contribution in [-0.2, 0) is 5.67 Å². The molecule has 108 valence electrons. The molecule has 0 saturated heterocycles. The maximum Gasteiger partial charge on any atom is 0.436 e. The van der Waals surface area contributed by atoms with E-state index in [0.29, 0.717) is 0 Å². The lowest BCUT2D eigenvalue weighted by atomic mass is 9.94. The molecule has 11 heteroatoms. The third-order valence-corrected chi connectivity index (χ3v) is 2.61. The van der Waals surface area contributed by atoms with Crippen LogP contribution < -0.4 is 0 Å². The van der Waals surface area contributed by atoms with E-state index in [1.54, 1.807) is 0 Å². The summed E-state index contributed by atoms with van der Waals surface area (Å²) >= 11 is 2.15. The van der Waals surface area contributed by atoms with E-state index in [0.717, 1.165) is 0 Å². The predicted octanol–water partition coefficient (Wildman–Crippen LogP) is 4.41. The zero-order valence-corrected chi connectivity index (χ0v) is 9.89. The second-order valence-electron chi connectivity index (χ2n) is 3.24. The van der Waals surface area contributed by atoms with Gasteiger partial charge in [0, 0.05) is 0 Å². The lowest BCUT2D eigenvalue weighted by Gasteiger charge is -2.30. The predicted molar refractivity (Wildman–Crippen MR) is 46.7 cm³/mol. The van der Waals surface area contributed by atoms with Crippen molar-refractivity contribution in [1.29, 1.82) is 0 Å². The summed E-state index contributed by atoms with van der Waals surface area (Å²) in [5.41, 5.74) is -8.99. The van der Waals surface area contributed by atoms with Gasteiger partial charge in [-0.2, -0.15) is 26.3 Å². The van der Waals surface area contributed by atoms with Gasteiger partial charge in [-0.15, -0.1) is 0 Å². The Balaban J connectivity index is 3.76. The lowest BCUT2D eigenvalue weighted by molar-refractivity contribution is -0.350. The van der Waals surface area contributed by atoms with Crippen molar-refractivity contribution in [3.63, 3.8) is 0 Å². The van der Waals surface area contributed by atoms with Gasteiger partial charge in [-0.25, -0.2) is 18.2 Å². The molecule has 0 aliphatic heterocycles. The number of nitrogens with zero attached hydrogens (tertiary/aromatic N) is 1. The normalized spacial score (nSPS) is 13.8. The van der Waals surface area contributed by atoms with Gasteiger partial charge in [-0.05, 0) is 15.9 Å². The summed E-state index contributed by atoms with van der Waals surface area (Å²) < 4.78 is 112. The van der Waals surface area contributed by atoms with Gasteiger partial charge in [-0.3, -0.25) is 0 Å². The molecule has 0 aliphatic rings. The molecule has 0 aliphatic carbocycles. The Kier molecular flexibility index (Phi) is 3.83. The smallest absolute Gasteiger partial charge is 0.243 e. The van der Waals surface area contributed by atoms with Gasteiger partial charge < -0.3 is 0 Å². The summed E-state index contributed by atoms with van der Waals surface area (Å²) in [6, 6.07) is 0. The molecule has 0 amide bonds. The molecule has 19 heavy (non-hydrogen) atoms. The Morgan fingerprint density at radius 3 is 1.68 bits per heavy atom. The second-order valence-corrected chi connectivity index (χ2v) is 3.99. The highest BCUT2D eigenvalue weighted by atomic mass is 79.9. The highest BCUT2D eigenvalue weighted by Gasteiger charge is 2.75. The van der Waals surface area contributed by atoms with Gasteiger partial charge in [0.05, 0.1) is 11.8 Å². The molecule has 0 saturated carbocycles. The van der Waals surface area contributed by atoms with Gasteiger partial charge >= 0.3 is 18.0 Å². The van der Waals surface area contributed by atoms with Crippen LogP contribution in [0.2, 0.25) is 0 Å². The molecule has 0 spiro atoms. The Morgan fingerprint density at radius 1 is 0.895 bits per heavy atom. The zero-order chi connectivity index (χ0) is 15.2. The van der Waals surface area contributed by atoms with Crippen molar-refractivity contribution >= 4 is 15.9 Å². The average molecular weight is 362 g/mol. The van der Waals surface area contributed by atoms with Gasteiger partial charge in [0.15, 0.2) is 11.6 Å². The fourth-order valence-corrected chi connectivity index (χ4v) is 1.50. The molecule has 0 N–H and O–H groups in total. The van der Waals surface area contributed by atoms with Crippen molar-refractivity contribution in [1.82, 2.24) is 4.98 Å². The van der Waals surface area contributed by atoms with Crippen LogP contribution in [0.4, 0.5) is 39.5 Å². The lowest BCUT2D eigenvalue weighted by Crippen LogP contribution is -2.51. The summed E-state index contributed by atoms with van der Waals surface area (Å²) in [7, 11) is 0. The van der Waals surface area contributed by atoms with Gasteiger partial charge in [-0.1, -0.05) is 0 Å². The van der Waals surface area contributed by atoms with E-state index in [9.17, 15) is 39.5 Å². The first kappa shape index (κ1) is 16.1. The molecule has 0 unspecified atom stereocenters. The van der Waals surface area contributed by atoms with E-state index in [1.165, 1.54) is 0 Å². The maximum absolute atomic E-state index is 13.5. The van der Waals surface area contributed by atoms with E-state index in [1.807, 2.05) is 0 Å². The molecule has 1 aromatic heterocycles. The Morgan fingerprint density at radius 2 is 1.32 bits per heavy atom. The minimum Gasteiger partial charge on any atom is -0.243 e. The van der Waals surface area contributed by atoms with E-state index >= 15 is 0 Å². The molecular formula is C8HBrF9N. The molecule has 1 heterocycles. The van der Waals surface area contributed by atoms with E-state index < -0.39 is 39.8 Å². The molecule has 0 radical (unpaired) electrons. The summed E-state index contributed by atoms with van der Waals surface area (Å²) in [5.74, 6) is -4.82.